The van der Waals surface area contributed by atoms with Crippen LogP contribution in [0.5, 0.6) is 0 Å². The minimum atomic E-state index is -3.29. The molecule has 0 spiro atoms. The van der Waals surface area contributed by atoms with Crippen molar-refractivity contribution >= 4 is 21.4 Å². The SMILES string of the molecule is CCCn1cc(CNc2ccccc2NS(C)(=O)=O)cn1. The molecule has 7 heteroatoms. The average molecular weight is 308 g/mol. The van der Waals surface area contributed by atoms with Crippen LogP contribution in [0.2, 0.25) is 0 Å². The van der Waals surface area contributed by atoms with Gasteiger partial charge in [0.1, 0.15) is 0 Å². The van der Waals surface area contributed by atoms with Crippen molar-refractivity contribution in [2.24, 2.45) is 0 Å². The zero-order chi connectivity index (χ0) is 15.3. The van der Waals surface area contributed by atoms with Gasteiger partial charge in [0, 0.05) is 24.8 Å². The first-order valence-electron chi connectivity index (χ1n) is 6.80. The Balaban J connectivity index is 2.05. The van der Waals surface area contributed by atoms with E-state index in [1.807, 2.05) is 29.2 Å². The summed E-state index contributed by atoms with van der Waals surface area (Å²) in [5.74, 6) is 0. The summed E-state index contributed by atoms with van der Waals surface area (Å²) in [4.78, 5) is 0. The molecule has 0 atom stereocenters. The first kappa shape index (κ1) is 15.4. The third kappa shape index (κ3) is 4.78. The Morgan fingerprint density at radius 2 is 1.95 bits per heavy atom. The van der Waals surface area contributed by atoms with E-state index in [2.05, 4.69) is 22.1 Å². The van der Waals surface area contributed by atoms with Crippen molar-refractivity contribution in [2.45, 2.75) is 26.4 Å². The van der Waals surface area contributed by atoms with Crippen LogP contribution in [-0.2, 0) is 23.1 Å². The Hall–Kier alpha value is -2.02. The fourth-order valence-corrected chi connectivity index (χ4v) is 2.55. The summed E-state index contributed by atoms with van der Waals surface area (Å²) >= 11 is 0. The fraction of sp³-hybridized carbons (Fsp3) is 0.357. The van der Waals surface area contributed by atoms with E-state index in [1.165, 1.54) is 0 Å². The van der Waals surface area contributed by atoms with E-state index in [9.17, 15) is 8.42 Å². The van der Waals surface area contributed by atoms with E-state index in [0.717, 1.165) is 30.5 Å². The summed E-state index contributed by atoms with van der Waals surface area (Å²) in [5.41, 5.74) is 2.34. The molecule has 1 heterocycles. The second kappa shape index (κ2) is 6.62. The molecule has 0 fully saturated rings. The van der Waals surface area contributed by atoms with Crippen LogP contribution in [0.1, 0.15) is 18.9 Å². The first-order chi connectivity index (χ1) is 9.98. The lowest BCUT2D eigenvalue weighted by Gasteiger charge is -2.12. The third-order valence-electron chi connectivity index (χ3n) is 2.84. The molecule has 0 bridgehead atoms. The van der Waals surface area contributed by atoms with Crippen LogP contribution in [0, 0.1) is 0 Å². The number of nitrogens with zero attached hydrogens (tertiary/aromatic N) is 2. The normalized spacial score (nSPS) is 11.3. The van der Waals surface area contributed by atoms with Gasteiger partial charge in [0.25, 0.3) is 0 Å². The largest absolute Gasteiger partial charge is 0.379 e. The number of anilines is 2. The van der Waals surface area contributed by atoms with E-state index in [0.29, 0.717) is 12.2 Å². The maximum atomic E-state index is 11.4. The molecular formula is C14H20N4O2S. The van der Waals surface area contributed by atoms with Crippen LogP contribution in [0.3, 0.4) is 0 Å². The summed E-state index contributed by atoms with van der Waals surface area (Å²) in [6, 6.07) is 7.21. The Kier molecular flexibility index (Phi) is 4.85. The highest BCUT2D eigenvalue weighted by Crippen LogP contribution is 2.22. The molecule has 0 aliphatic carbocycles. The van der Waals surface area contributed by atoms with Gasteiger partial charge in [-0.2, -0.15) is 5.10 Å². The van der Waals surface area contributed by atoms with Crippen LogP contribution >= 0.6 is 0 Å². The van der Waals surface area contributed by atoms with Gasteiger partial charge in [-0.05, 0) is 18.6 Å². The number of rotatable bonds is 7. The second-order valence-corrected chi connectivity index (χ2v) is 6.63. The highest BCUT2D eigenvalue weighted by Gasteiger charge is 2.07. The van der Waals surface area contributed by atoms with Gasteiger partial charge in [0.15, 0.2) is 0 Å². The van der Waals surface area contributed by atoms with Crippen molar-refractivity contribution in [2.75, 3.05) is 16.3 Å². The molecule has 2 aromatic rings. The molecule has 1 aromatic heterocycles. The maximum Gasteiger partial charge on any atom is 0.229 e. The summed E-state index contributed by atoms with van der Waals surface area (Å²) in [6.07, 6.45) is 5.98. The zero-order valence-corrected chi connectivity index (χ0v) is 13.0. The molecule has 0 saturated carbocycles. The van der Waals surface area contributed by atoms with Crippen LogP contribution in [0.4, 0.5) is 11.4 Å². The molecular weight excluding hydrogens is 288 g/mol. The second-order valence-electron chi connectivity index (χ2n) is 4.89. The highest BCUT2D eigenvalue weighted by atomic mass is 32.2. The van der Waals surface area contributed by atoms with Crippen molar-refractivity contribution in [1.82, 2.24) is 9.78 Å². The van der Waals surface area contributed by atoms with Gasteiger partial charge in [-0.1, -0.05) is 19.1 Å². The molecule has 2 rings (SSSR count). The number of para-hydroxylation sites is 2. The molecule has 0 aliphatic rings. The van der Waals surface area contributed by atoms with E-state index < -0.39 is 10.0 Å². The van der Waals surface area contributed by atoms with E-state index in [4.69, 9.17) is 0 Å². The molecule has 1 aromatic carbocycles. The Morgan fingerprint density at radius 3 is 2.62 bits per heavy atom. The summed E-state index contributed by atoms with van der Waals surface area (Å²) in [7, 11) is -3.29. The lowest BCUT2D eigenvalue weighted by molar-refractivity contribution is 0.602. The van der Waals surface area contributed by atoms with Gasteiger partial charge in [-0.15, -0.1) is 0 Å². The number of nitrogens with one attached hydrogen (secondary N) is 2. The standard InChI is InChI=1S/C14H20N4O2S/c1-3-8-18-11-12(10-16-18)9-15-13-6-4-5-7-14(13)17-21(2,19)20/h4-7,10-11,15,17H,3,8-9H2,1-2H3. The van der Waals surface area contributed by atoms with E-state index in [1.54, 1.807) is 12.1 Å². The van der Waals surface area contributed by atoms with Crippen molar-refractivity contribution in [1.29, 1.82) is 0 Å². The van der Waals surface area contributed by atoms with Crippen molar-refractivity contribution in [3.63, 3.8) is 0 Å². The molecule has 0 aliphatic heterocycles. The minimum absolute atomic E-state index is 0.543. The topological polar surface area (TPSA) is 76.0 Å². The molecule has 6 nitrogen and oxygen atoms in total. The molecule has 2 N–H and O–H groups in total. The van der Waals surface area contributed by atoms with Gasteiger partial charge < -0.3 is 5.32 Å². The van der Waals surface area contributed by atoms with E-state index in [-0.39, 0.29) is 0 Å². The maximum absolute atomic E-state index is 11.4. The number of hydrogen-bond donors (Lipinski definition) is 2. The monoisotopic (exact) mass is 308 g/mol. The molecule has 0 unspecified atom stereocenters. The number of sulfonamides is 1. The van der Waals surface area contributed by atoms with Crippen LogP contribution in [0.25, 0.3) is 0 Å². The fourth-order valence-electron chi connectivity index (χ4n) is 1.97. The molecule has 0 amide bonds. The quantitative estimate of drug-likeness (QED) is 0.823. The Bertz CT molecular complexity index is 695. The Labute approximate surface area is 125 Å². The number of benzene rings is 1. The van der Waals surface area contributed by atoms with Crippen LogP contribution in [-0.4, -0.2) is 24.5 Å². The van der Waals surface area contributed by atoms with Gasteiger partial charge in [-0.25, -0.2) is 8.42 Å². The number of hydrogen-bond acceptors (Lipinski definition) is 4. The number of aryl methyl sites for hydroxylation is 1. The van der Waals surface area contributed by atoms with Crippen LogP contribution in [0.15, 0.2) is 36.7 Å². The van der Waals surface area contributed by atoms with E-state index >= 15 is 0 Å². The average Bonchev–Trinajstić information content (AvgIpc) is 2.84. The predicted octanol–water partition coefficient (Wildman–Crippen LogP) is 2.28. The summed E-state index contributed by atoms with van der Waals surface area (Å²) < 4.78 is 27.1. The van der Waals surface area contributed by atoms with Gasteiger partial charge in [0.05, 0.1) is 23.8 Å². The van der Waals surface area contributed by atoms with Gasteiger partial charge >= 0.3 is 0 Å². The van der Waals surface area contributed by atoms with Crippen molar-refractivity contribution < 1.29 is 8.42 Å². The minimum Gasteiger partial charge on any atom is -0.379 e. The molecule has 114 valence electrons. The summed E-state index contributed by atoms with van der Waals surface area (Å²) in [6.45, 7) is 3.59. The highest BCUT2D eigenvalue weighted by molar-refractivity contribution is 7.92. The smallest absolute Gasteiger partial charge is 0.229 e. The first-order valence-corrected chi connectivity index (χ1v) is 8.69. The predicted molar refractivity (Wildman–Crippen MR) is 84.8 cm³/mol. The zero-order valence-electron chi connectivity index (χ0n) is 12.2. The van der Waals surface area contributed by atoms with Crippen LogP contribution < -0.4 is 10.0 Å². The van der Waals surface area contributed by atoms with Gasteiger partial charge in [-0.3, -0.25) is 9.40 Å². The lowest BCUT2D eigenvalue weighted by Crippen LogP contribution is -2.11. The number of aromatic nitrogens is 2. The Morgan fingerprint density at radius 1 is 1.24 bits per heavy atom. The van der Waals surface area contributed by atoms with Gasteiger partial charge in [0.2, 0.25) is 10.0 Å². The molecule has 21 heavy (non-hydrogen) atoms. The summed E-state index contributed by atoms with van der Waals surface area (Å²) in [5, 5.41) is 7.49. The molecule has 0 saturated heterocycles. The molecule has 0 radical (unpaired) electrons. The van der Waals surface area contributed by atoms with Crippen molar-refractivity contribution in [3.05, 3.63) is 42.2 Å². The lowest BCUT2D eigenvalue weighted by atomic mass is 10.2. The third-order valence-corrected chi connectivity index (χ3v) is 3.44. The van der Waals surface area contributed by atoms with Crippen molar-refractivity contribution in [3.8, 4) is 0 Å².